The van der Waals surface area contributed by atoms with E-state index in [4.69, 9.17) is 16.3 Å². The summed E-state index contributed by atoms with van der Waals surface area (Å²) in [7, 11) is 0.807. The lowest BCUT2D eigenvalue weighted by Gasteiger charge is -2.14. The molecule has 0 saturated carbocycles. The molecule has 13 heteroatoms. The van der Waals surface area contributed by atoms with Crippen LogP contribution in [0, 0.1) is 15.9 Å². The average Bonchev–Trinajstić information content (AvgIpc) is 2.70. The van der Waals surface area contributed by atoms with Crippen LogP contribution in [0.25, 0.3) is 5.69 Å². The molecule has 0 amide bonds. The smallest absolute Gasteiger partial charge is 0.431 e. The van der Waals surface area contributed by atoms with Crippen LogP contribution in [0.2, 0.25) is 5.02 Å². The van der Waals surface area contributed by atoms with E-state index in [0.29, 0.717) is 5.56 Å². The zero-order chi connectivity index (χ0) is 23.8. The summed E-state index contributed by atoms with van der Waals surface area (Å²) in [6, 6.07) is 7.14. The molecule has 1 heterocycles. The van der Waals surface area contributed by atoms with Gasteiger partial charge in [0.05, 0.1) is 10.6 Å². The van der Waals surface area contributed by atoms with Gasteiger partial charge in [0.1, 0.15) is 23.1 Å². The highest BCUT2D eigenvalue weighted by molar-refractivity contribution is 6.32. The molecule has 0 aliphatic heterocycles. The van der Waals surface area contributed by atoms with E-state index in [1.54, 1.807) is 0 Å². The molecule has 0 radical (unpaired) electrons. The Morgan fingerprint density at radius 2 is 1.81 bits per heavy atom. The molecule has 168 valence electrons. The molecule has 3 rings (SSSR count). The van der Waals surface area contributed by atoms with E-state index in [-0.39, 0.29) is 38.3 Å². The van der Waals surface area contributed by atoms with E-state index in [9.17, 15) is 37.3 Å². The zero-order valence-corrected chi connectivity index (χ0v) is 16.8. The summed E-state index contributed by atoms with van der Waals surface area (Å²) in [4.78, 5) is 34.6. The molecular weight excluding hydrogens is 462 g/mol. The molecule has 3 aromatic rings. The van der Waals surface area contributed by atoms with E-state index in [1.165, 1.54) is 24.3 Å². The molecule has 0 aliphatic carbocycles. The molecule has 0 unspecified atom stereocenters. The number of hydrogen-bond donors (Lipinski definition) is 0. The van der Waals surface area contributed by atoms with Gasteiger partial charge in [0.15, 0.2) is 5.82 Å². The van der Waals surface area contributed by atoms with Crippen molar-refractivity contribution >= 4 is 17.3 Å². The summed E-state index contributed by atoms with van der Waals surface area (Å²) in [6.07, 6.45) is -4.95. The molecule has 0 fully saturated rings. The van der Waals surface area contributed by atoms with E-state index in [1.807, 2.05) is 0 Å². The van der Waals surface area contributed by atoms with Gasteiger partial charge in [0.2, 0.25) is 0 Å². The fourth-order valence-corrected chi connectivity index (χ4v) is 3.02. The van der Waals surface area contributed by atoms with Gasteiger partial charge < -0.3 is 4.74 Å². The zero-order valence-electron chi connectivity index (χ0n) is 16.0. The number of nitro benzene ring substituents is 1. The van der Waals surface area contributed by atoms with Crippen molar-refractivity contribution in [3.63, 3.8) is 0 Å². The van der Waals surface area contributed by atoms with Gasteiger partial charge in [-0.05, 0) is 23.8 Å². The van der Waals surface area contributed by atoms with Crippen molar-refractivity contribution in [1.82, 2.24) is 9.13 Å². The SMILES string of the molecule is Cn1c(C(F)(F)F)cc(=O)n(-c2ccc(OCc3ccc(Cl)c([N+](=O)[O-])c3)cc2F)c1=O. The Labute approximate surface area is 181 Å². The van der Waals surface area contributed by atoms with Crippen molar-refractivity contribution in [1.29, 1.82) is 0 Å². The van der Waals surface area contributed by atoms with Crippen LogP contribution in [-0.2, 0) is 19.8 Å². The molecular formula is C19H12ClF4N3O5. The fraction of sp³-hybridized carbons (Fsp3) is 0.158. The lowest BCUT2D eigenvalue weighted by Crippen LogP contribution is -2.41. The van der Waals surface area contributed by atoms with Gasteiger partial charge in [-0.3, -0.25) is 19.5 Å². The summed E-state index contributed by atoms with van der Waals surface area (Å²) in [5, 5.41) is 10.9. The maximum atomic E-state index is 14.6. The number of nitrogens with zero attached hydrogens (tertiary/aromatic N) is 3. The maximum Gasteiger partial charge on any atom is 0.431 e. The summed E-state index contributed by atoms with van der Waals surface area (Å²) >= 11 is 5.73. The number of benzene rings is 2. The van der Waals surface area contributed by atoms with Crippen LogP contribution in [0.3, 0.4) is 0 Å². The van der Waals surface area contributed by atoms with Crippen LogP contribution in [0.15, 0.2) is 52.1 Å². The molecule has 8 nitrogen and oxygen atoms in total. The van der Waals surface area contributed by atoms with Gasteiger partial charge in [-0.1, -0.05) is 17.7 Å². The average molecular weight is 474 g/mol. The number of halogens is 5. The minimum absolute atomic E-state index is 0.0550. The van der Waals surface area contributed by atoms with Crippen LogP contribution in [0.5, 0.6) is 5.75 Å². The molecule has 1 aromatic heterocycles. The van der Waals surface area contributed by atoms with E-state index in [2.05, 4.69) is 0 Å². The van der Waals surface area contributed by atoms with Gasteiger partial charge in [-0.15, -0.1) is 0 Å². The highest BCUT2D eigenvalue weighted by atomic mass is 35.5. The van der Waals surface area contributed by atoms with Crippen LogP contribution < -0.4 is 16.0 Å². The maximum absolute atomic E-state index is 14.6. The second kappa shape index (κ2) is 8.46. The van der Waals surface area contributed by atoms with Gasteiger partial charge in [0.25, 0.3) is 11.2 Å². The van der Waals surface area contributed by atoms with Gasteiger partial charge in [0, 0.05) is 25.2 Å². The van der Waals surface area contributed by atoms with E-state index in [0.717, 1.165) is 19.2 Å². The highest BCUT2D eigenvalue weighted by Gasteiger charge is 2.35. The van der Waals surface area contributed by atoms with Gasteiger partial charge >= 0.3 is 11.9 Å². The standard InChI is InChI=1S/C19H12ClF4N3O5/c1-25-16(19(22,23)24)8-17(28)26(18(25)29)14-5-3-11(7-13(14)21)32-9-10-2-4-12(20)15(6-10)27(30)31/h2-8H,9H2,1H3. The number of hydrogen-bond acceptors (Lipinski definition) is 5. The fourth-order valence-electron chi connectivity index (χ4n) is 2.83. The van der Waals surface area contributed by atoms with Crippen LogP contribution in [0.1, 0.15) is 11.3 Å². The first-order valence-corrected chi connectivity index (χ1v) is 9.03. The first-order valence-electron chi connectivity index (χ1n) is 8.66. The summed E-state index contributed by atoms with van der Waals surface area (Å²) < 4.78 is 59.3. The second-order valence-electron chi connectivity index (χ2n) is 6.49. The predicted octanol–water partition coefficient (Wildman–Crippen LogP) is 3.83. The van der Waals surface area contributed by atoms with E-state index >= 15 is 0 Å². The molecule has 0 spiro atoms. The van der Waals surface area contributed by atoms with Crippen molar-refractivity contribution in [2.75, 3.05) is 0 Å². The second-order valence-corrected chi connectivity index (χ2v) is 6.89. The minimum Gasteiger partial charge on any atom is -0.489 e. The largest absolute Gasteiger partial charge is 0.489 e. The molecule has 0 saturated heterocycles. The van der Waals surface area contributed by atoms with Crippen LogP contribution in [0.4, 0.5) is 23.2 Å². The van der Waals surface area contributed by atoms with Crippen molar-refractivity contribution in [2.45, 2.75) is 12.8 Å². The Morgan fingerprint density at radius 3 is 2.41 bits per heavy atom. The van der Waals surface area contributed by atoms with E-state index < -0.39 is 39.5 Å². The highest BCUT2D eigenvalue weighted by Crippen LogP contribution is 2.28. The van der Waals surface area contributed by atoms with Crippen LogP contribution in [-0.4, -0.2) is 14.1 Å². The number of rotatable bonds is 5. The number of aromatic nitrogens is 2. The summed E-state index contributed by atoms with van der Waals surface area (Å²) in [6.45, 7) is -0.196. The molecule has 0 bridgehead atoms. The summed E-state index contributed by atoms with van der Waals surface area (Å²) in [5.74, 6) is -1.16. The Hall–Kier alpha value is -3.67. The quantitative estimate of drug-likeness (QED) is 0.319. The monoisotopic (exact) mass is 473 g/mol. The van der Waals surface area contributed by atoms with Crippen molar-refractivity contribution < 1.29 is 27.2 Å². The minimum atomic E-state index is -4.95. The molecule has 0 aliphatic rings. The van der Waals surface area contributed by atoms with Crippen LogP contribution >= 0.6 is 11.6 Å². The Kier molecular flexibility index (Phi) is 6.08. The van der Waals surface area contributed by atoms with Gasteiger partial charge in [-0.25, -0.2) is 13.8 Å². The van der Waals surface area contributed by atoms with Crippen molar-refractivity contribution in [2.24, 2.45) is 7.05 Å². The number of alkyl halides is 3. The third-order valence-electron chi connectivity index (χ3n) is 4.38. The third kappa shape index (κ3) is 4.49. The summed E-state index contributed by atoms with van der Waals surface area (Å²) in [5.41, 5.74) is -4.77. The first-order chi connectivity index (χ1) is 14.9. The first kappa shape index (κ1) is 23.0. The topological polar surface area (TPSA) is 96.4 Å². The van der Waals surface area contributed by atoms with Crippen molar-refractivity contribution in [3.8, 4) is 11.4 Å². The molecule has 0 N–H and O–H groups in total. The third-order valence-corrected chi connectivity index (χ3v) is 4.70. The Bertz CT molecular complexity index is 1330. The predicted molar refractivity (Wildman–Crippen MR) is 105 cm³/mol. The van der Waals surface area contributed by atoms with Crippen molar-refractivity contribution in [3.05, 3.63) is 95.5 Å². The molecule has 2 aromatic carbocycles. The lowest BCUT2D eigenvalue weighted by molar-refractivity contribution is -0.384. The molecule has 32 heavy (non-hydrogen) atoms. The number of ether oxygens (including phenoxy) is 1. The Balaban J connectivity index is 1.91. The normalized spacial score (nSPS) is 11.4. The molecule has 0 atom stereocenters. The lowest BCUT2D eigenvalue weighted by atomic mass is 10.2. The number of nitro groups is 1. The van der Waals surface area contributed by atoms with Gasteiger partial charge in [-0.2, -0.15) is 13.2 Å². The Morgan fingerprint density at radius 1 is 1.12 bits per heavy atom.